The maximum atomic E-state index is 12.7. The summed E-state index contributed by atoms with van der Waals surface area (Å²) in [5.74, 6) is 0.110. The number of carboxylic acids is 1. The summed E-state index contributed by atoms with van der Waals surface area (Å²) >= 11 is 0. The zero-order valence-corrected chi connectivity index (χ0v) is 18.0. The Morgan fingerprint density at radius 3 is 2.03 bits per heavy atom. The first-order chi connectivity index (χ1) is 13.6. The molecule has 0 radical (unpaired) electrons. The molecule has 0 atom stereocenters. The van der Waals surface area contributed by atoms with Gasteiger partial charge in [0.2, 0.25) is 0 Å². The predicted octanol–water partition coefficient (Wildman–Crippen LogP) is 5.31. The Bertz CT molecular complexity index is 960. The first-order valence-corrected chi connectivity index (χ1v) is 9.48. The molecular formula is C24H28O5. The van der Waals surface area contributed by atoms with Gasteiger partial charge in [0.25, 0.3) is 0 Å². The van der Waals surface area contributed by atoms with Crippen LogP contribution in [0.25, 0.3) is 6.08 Å². The highest BCUT2D eigenvalue weighted by molar-refractivity contribution is 6.07. The lowest BCUT2D eigenvalue weighted by Crippen LogP contribution is -2.12. The number of aromatic carboxylic acids is 1. The SMILES string of the molecule is COc1c(C)cc(C(=O)C=Cc2cc(C)c(C(=O)O)c(C)c2OC(C)C)cc1C. The minimum absolute atomic E-state index is 0.132. The van der Waals surface area contributed by atoms with Crippen molar-refractivity contribution in [1.82, 2.24) is 0 Å². The highest BCUT2D eigenvalue weighted by Gasteiger charge is 2.19. The number of ketones is 1. The number of allylic oxidation sites excluding steroid dienone is 1. The van der Waals surface area contributed by atoms with E-state index < -0.39 is 5.97 Å². The summed E-state index contributed by atoms with van der Waals surface area (Å²) in [6.07, 6.45) is 3.04. The molecule has 2 rings (SSSR count). The molecule has 0 saturated carbocycles. The van der Waals surface area contributed by atoms with E-state index in [1.54, 1.807) is 45.2 Å². The molecule has 0 amide bonds. The zero-order valence-electron chi connectivity index (χ0n) is 18.0. The highest BCUT2D eigenvalue weighted by Crippen LogP contribution is 2.32. The van der Waals surface area contributed by atoms with Crippen LogP contribution in [-0.2, 0) is 0 Å². The summed E-state index contributed by atoms with van der Waals surface area (Å²) in [6.45, 7) is 11.0. The van der Waals surface area contributed by atoms with Crippen LogP contribution in [0.3, 0.4) is 0 Å². The molecule has 0 aromatic heterocycles. The van der Waals surface area contributed by atoms with Gasteiger partial charge >= 0.3 is 5.97 Å². The number of carboxylic acid groups (broad SMARTS) is 1. The van der Waals surface area contributed by atoms with E-state index in [9.17, 15) is 14.7 Å². The van der Waals surface area contributed by atoms with Gasteiger partial charge in [-0.3, -0.25) is 4.79 Å². The first kappa shape index (κ1) is 22.2. The fraction of sp³-hybridized carbons (Fsp3) is 0.333. The van der Waals surface area contributed by atoms with Gasteiger partial charge in [-0.1, -0.05) is 0 Å². The number of hydrogen-bond acceptors (Lipinski definition) is 4. The number of methoxy groups -OCH3 is 1. The van der Waals surface area contributed by atoms with Crippen LogP contribution in [0.5, 0.6) is 11.5 Å². The summed E-state index contributed by atoms with van der Waals surface area (Å²) in [7, 11) is 1.61. The van der Waals surface area contributed by atoms with Crippen LogP contribution in [0, 0.1) is 27.7 Å². The molecule has 29 heavy (non-hydrogen) atoms. The van der Waals surface area contributed by atoms with Crippen molar-refractivity contribution in [1.29, 1.82) is 0 Å². The second kappa shape index (κ2) is 8.95. The van der Waals surface area contributed by atoms with Gasteiger partial charge in [-0.2, -0.15) is 0 Å². The molecule has 0 fully saturated rings. The molecule has 0 spiro atoms. The van der Waals surface area contributed by atoms with Crippen LogP contribution in [0.4, 0.5) is 0 Å². The smallest absolute Gasteiger partial charge is 0.336 e. The lowest BCUT2D eigenvalue weighted by atomic mass is 9.96. The molecular weight excluding hydrogens is 368 g/mol. The van der Waals surface area contributed by atoms with Gasteiger partial charge in [0.15, 0.2) is 5.78 Å². The van der Waals surface area contributed by atoms with Crippen LogP contribution in [0.2, 0.25) is 0 Å². The topological polar surface area (TPSA) is 72.8 Å². The second-order valence-electron chi connectivity index (χ2n) is 7.42. The van der Waals surface area contributed by atoms with Gasteiger partial charge < -0.3 is 14.6 Å². The number of hydrogen-bond donors (Lipinski definition) is 1. The van der Waals surface area contributed by atoms with Crippen molar-refractivity contribution in [2.24, 2.45) is 0 Å². The van der Waals surface area contributed by atoms with E-state index in [2.05, 4.69) is 0 Å². The standard InChI is InChI=1S/C24H28O5/c1-13(2)29-23-17(6)21(24(26)27)14(3)10-18(23)8-9-20(25)19-11-15(4)22(28-7)16(5)12-19/h8-13H,1-7H3,(H,26,27). The van der Waals surface area contributed by atoms with E-state index in [1.165, 1.54) is 6.08 Å². The first-order valence-electron chi connectivity index (χ1n) is 9.48. The summed E-state index contributed by atoms with van der Waals surface area (Å²) < 4.78 is 11.2. The lowest BCUT2D eigenvalue weighted by molar-refractivity contribution is 0.0694. The molecule has 154 valence electrons. The fourth-order valence-corrected chi connectivity index (χ4v) is 3.52. The van der Waals surface area contributed by atoms with Crippen molar-refractivity contribution in [3.8, 4) is 11.5 Å². The molecule has 5 heteroatoms. The van der Waals surface area contributed by atoms with E-state index >= 15 is 0 Å². The molecule has 0 unspecified atom stereocenters. The van der Waals surface area contributed by atoms with Crippen molar-refractivity contribution >= 4 is 17.8 Å². The lowest BCUT2D eigenvalue weighted by Gasteiger charge is -2.18. The second-order valence-corrected chi connectivity index (χ2v) is 7.42. The van der Waals surface area contributed by atoms with Gasteiger partial charge in [-0.15, -0.1) is 0 Å². The van der Waals surface area contributed by atoms with Crippen molar-refractivity contribution in [3.05, 3.63) is 63.2 Å². The average molecular weight is 396 g/mol. The van der Waals surface area contributed by atoms with Crippen molar-refractivity contribution in [2.75, 3.05) is 7.11 Å². The van der Waals surface area contributed by atoms with Gasteiger partial charge in [-0.05, 0) is 88.6 Å². The van der Waals surface area contributed by atoms with Gasteiger partial charge in [-0.25, -0.2) is 4.79 Å². The number of benzene rings is 2. The average Bonchev–Trinajstić information content (AvgIpc) is 2.61. The molecule has 0 saturated heterocycles. The predicted molar refractivity (Wildman–Crippen MR) is 114 cm³/mol. The zero-order chi connectivity index (χ0) is 21.9. The summed E-state index contributed by atoms with van der Waals surface area (Å²) in [5.41, 5.74) is 4.43. The van der Waals surface area contributed by atoms with E-state index in [0.717, 1.165) is 16.9 Å². The summed E-state index contributed by atoms with van der Waals surface area (Å²) in [4.78, 5) is 24.4. The van der Waals surface area contributed by atoms with E-state index in [4.69, 9.17) is 9.47 Å². The normalized spacial score (nSPS) is 11.2. The number of rotatable bonds is 7. The number of ether oxygens (including phenoxy) is 2. The minimum atomic E-state index is -0.996. The Labute approximate surface area is 172 Å². The molecule has 0 aliphatic carbocycles. The molecule has 0 aliphatic rings. The molecule has 0 heterocycles. The summed E-state index contributed by atoms with van der Waals surface area (Å²) in [6, 6.07) is 5.34. The Morgan fingerprint density at radius 2 is 1.55 bits per heavy atom. The van der Waals surface area contributed by atoms with Crippen LogP contribution >= 0.6 is 0 Å². The molecule has 2 aromatic carbocycles. The third-order valence-electron chi connectivity index (χ3n) is 4.67. The number of aryl methyl sites for hydroxylation is 3. The third kappa shape index (κ3) is 4.86. The maximum absolute atomic E-state index is 12.7. The molecule has 0 aliphatic heterocycles. The van der Waals surface area contributed by atoms with Gasteiger partial charge in [0.1, 0.15) is 11.5 Å². The Morgan fingerprint density at radius 1 is 0.966 bits per heavy atom. The molecule has 1 N–H and O–H groups in total. The van der Waals surface area contributed by atoms with Crippen LogP contribution in [0.1, 0.15) is 62.4 Å². The minimum Gasteiger partial charge on any atom is -0.496 e. The van der Waals surface area contributed by atoms with Gasteiger partial charge in [0.05, 0.1) is 18.8 Å². The van der Waals surface area contributed by atoms with E-state index in [1.807, 2.05) is 27.7 Å². The molecule has 5 nitrogen and oxygen atoms in total. The quantitative estimate of drug-likeness (QED) is 0.507. The third-order valence-corrected chi connectivity index (χ3v) is 4.67. The van der Waals surface area contributed by atoms with Crippen LogP contribution in [-0.4, -0.2) is 30.1 Å². The van der Waals surface area contributed by atoms with Crippen molar-refractivity contribution in [3.63, 3.8) is 0 Å². The fourth-order valence-electron chi connectivity index (χ4n) is 3.52. The number of carbonyl (C=O) groups excluding carboxylic acids is 1. The summed E-state index contributed by atoms with van der Waals surface area (Å²) in [5, 5.41) is 9.52. The Balaban J connectivity index is 2.48. The number of carbonyl (C=O) groups is 2. The highest BCUT2D eigenvalue weighted by atomic mass is 16.5. The van der Waals surface area contributed by atoms with Crippen LogP contribution in [0.15, 0.2) is 24.3 Å². The van der Waals surface area contributed by atoms with E-state index in [0.29, 0.717) is 28.0 Å². The Hall–Kier alpha value is -3.08. The van der Waals surface area contributed by atoms with Crippen LogP contribution < -0.4 is 9.47 Å². The van der Waals surface area contributed by atoms with Crippen molar-refractivity contribution in [2.45, 2.75) is 47.6 Å². The van der Waals surface area contributed by atoms with Crippen molar-refractivity contribution < 1.29 is 24.2 Å². The maximum Gasteiger partial charge on any atom is 0.336 e. The largest absolute Gasteiger partial charge is 0.496 e. The molecule has 2 aromatic rings. The van der Waals surface area contributed by atoms with Gasteiger partial charge in [0, 0.05) is 16.7 Å². The monoisotopic (exact) mass is 396 g/mol. The molecule has 0 bridgehead atoms. The van der Waals surface area contributed by atoms with E-state index in [-0.39, 0.29) is 17.5 Å². The Kier molecular flexibility index (Phi) is 6.85.